The lowest BCUT2D eigenvalue weighted by molar-refractivity contribution is 0.0908. The van der Waals surface area contributed by atoms with Gasteiger partial charge in [-0.15, -0.1) is 0 Å². The van der Waals surface area contributed by atoms with E-state index < -0.39 is 0 Å². The van der Waals surface area contributed by atoms with Crippen LogP contribution in [0.1, 0.15) is 56.3 Å². The van der Waals surface area contributed by atoms with Gasteiger partial charge in [-0.1, -0.05) is 56.5 Å². The van der Waals surface area contributed by atoms with E-state index in [4.69, 9.17) is 5.10 Å². The van der Waals surface area contributed by atoms with E-state index in [1.807, 2.05) is 35.3 Å². The molecule has 0 saturated heterocycles. The van der Waals surface area contributed by atoms with Gasteiger partial charge in [0.2, 0.25) is 0 Å². The summed E-state index contributed by atoms with van der Waals surface area (Å²) in [5.41, 5.74) is 2.14. The van der Waals surface area contributed by atoms with Crippen LogP contribution < -0.4 is 0 Å². The number of carbonyl (C=O) groups excluding carboxylic acids is 1. The first-order chi connectivity index (χ1) is 10.6. The third-order valence-electron chi connectivity index (χ3n) is 5.56. The molecule has 1 aromatic carbocycles. The third kappa shape index (κ3) is 2.94. The third-order valence-corrected chi connectivity index (χ3v) is 5.56. The zero-order valence-corrected chi connectivity index (χ0v) is 13.7. The summed E-state index contributed by atoms with van der Waals surface area (Å²) in [6, 6.07) is 9.54. The first-order valence-corrected chi connectivity index (χ1v) is 8.48. The summed E-state index contributed by atoms with van der Waals surface area (Å²) in [7, 11) is 0. The number of carbonyl (C=O) groups is 1. The highest BCUT2D eigenvalue weighted by Gasteiger charge is 2.43. The molecular formula is C19H26N2O. The van der Waals surface area contributed by atoms with Crippen molar-refractivity contribution in [2.45, 2.75) is 46.0 Å². The van der Waals surface area contributed by atoms with Crippen molar-refractivity contribution in [1.82, 2.24) is 5.01 Å². The van der Waals surface area contributed by atoms with Crippen molar-refractivity contribution in [3.05, 3.63) is 35.9 Å². The molecule has 3 nitrogen and oxygen atoms in total. The molecular weight excluding hydrogens is 272 g/mol. The SMILES string of the molecule is CC1=NN(CC(=O)c2ccccc2)CC1(C)C1CCCCC1. The average Bonchev–Trinajstić information content (AvgIpc) is 2.84. The van der Waals surface area contributed by atoms with Crippen LogP contribution in [0.4, 0.5) is 0 Å². The first-order valence-electron chi connectivity index (χ1n) is 8.48. The maximum absolute atomic E-state index is 12.4. The van der Waals surface area contributed by atoms with Crippen molar-refractivity contribution in [1.29, 1.82) is 0 Å². The Morgan fingerprint density at radius 3 is 2.59 bits per heavy atom. The van der Waals surface area contributed by atoms with Gasteiger partial charge in [-0.05, 0) is 25.7 Å². The van der Waals surface area contributed by atoms with E-state index in [1.54, 1.807) is 0 Å². The Morgan fingerprint density at radius 2 is 1.91 bits per heavy atom. The van der Waals surface area contributed by atoms with Crippen LogP contribution in [0.2, 0.25) is 0 Å². The van der Waals surface area contributed by atoms with Crippen molar-refractivity contribution in [2.75, 3.05) is 13.1 Å². The smallest absolute Gasteiger partial charge is 0.183 e. The molecule has 0 amide bonds. The topological polar surface area (TPSA) is 32.7 Å². The molecule has 1 aliphatic carbocycles. The number of benzene rings is 1. The summed E-state index contributed by atoms with van der Waals surface area (Å²) in [4.78, 5) is 12.4. The monoisotopic (exact) mass is 298 g/mol. The molecule has 1 heterocycles. The molecule has 1 aliphatic heterocycles. The van der Waals surface area contributed by atoms with Gasteiger partial charge in [-0.3, -0.25) is 9.80 Å². The van der Waals surface area contributed by atoms with Gasteiger partial charge >= 0.3 is 0 Å². The Labute approximate surface area is 133 Å². The predicted octanol–water partition coefficient (Wildman–Crippen LogP) is 4.15. The normalized spacial score (nSPS) is 26.1. The Balaban J connectivity index is 1.67. The molecule has 2 aliphatic rings. The Morgan fingerprint density at radius 1 is 1.23 bits per heavy atom. The van der Waals surface area contributed by atoms with Crippen LogP contribution >= 0.6 is 0 Å². The number of nitrogens with zero attached hydrogens (tertiary/aromatic N) is 2. The molecule has 0 bridgehead atoms. The van der Waals surface area contributed by atoms with Gasteiger partial charge in [0.1, 0.15) is 0 Å². The number of hydrogen-bond acceptors (Lipinski definition) is 3. The van der Waals surface area contributed by atoms with Gasteiger partial charge in [-0.25, -0.2) is 0 Å². The van der Waals surface area contributed by atoms with E-state index in [2.05, 4.69) is 13.8 Å². The molecule has 1 unspecified atom stereocenters. The fourth-order valence-corrected chi connectivity index (χ4v) is 3.99. The van der Waals surface area contributed by atoms with Crippen LogP contribution in [0.25, 0.3) is 0 Å². The lowest BCUT2D eigenvalue weighted by Gasteiger charge is -2.37. The van der Waals surface area contributed by atoms with E-state index in [-0.39, 0.29) is 11.2 Å². The average molecular weight is 298 g/mol. The maximum atomic E-state index is 12.4. The highest BCUT2D eigenvalue weighted by molar-refractivity contribution is 5.98. The van der Waals surface area contributed by atoms with Crippen molar-refractivity contribution >= 4 is 11.5 Å². The second-order valence-electron chi connectivity index (χ2n) is 7.05. The molecule has 0 radical (unpaired) electrons. The zero-order valence-electron chi connectivity index (χ0n) is 13.7. The second kappa shape index (κ2) is 6.23. The molecule has 118 valence electrons. The summed E-state index contributed by atoms with van der Waals surface area (Å²) < 4.78 is 0. The number of rotatable bonds is 4. The van der Waals surface area contributed by atoms with Gasteiger partial charge in [-0.2, -0.15) is 5.10 Å². The van der Waals surface area contributed by atoms with Crippen LogP contribution in [0.3, 0.4) is 0 Å². The van der Waals surface area contributed by atoms with E-state index in [0.717, 1.165) is 18.0 Å². The fourth-order valence-electron chi connectivity index (χ4n) is 3.99. The minimum atomic E-state index is 0.150. The zero-order chi connectivity index (χ0) is 15.6. The van der Waals surface area contributed by atoms with Crippen LogP contribution in [-0.4, -0.2) is 29.6 Å². The molecule has 1 fully saturated rings. The second-order valence-corrected chi connectivity index (χ2v) is 7.05. The molecule has 1 aromatic rings. The van der Waals surface area contributed by atoms with E-state index >= 15 is 0 Å². The van der Waals surface area contributed by atoms with Gasteiger partial charge < -0.3 is 0 Å². The van der Waals surface area contributed by atoms with Gasteiger partial charge in [0, 0.05) is 23.2 Å². The molecule has 3 heteroatoms. The highest BCUT2D eigenvalue weighted by atomic mass is 16.1. The van der Waals surface area contributed by atoms with Crippen molar-refractivity contribution in [3.8, 4) is 0 Å². The number of hydrogen-bond donors (Lipinski definition) is 0. The van der Waals surface area contributed by atoms with Crippen molar-refractivity contribution in [2.24, 2.45) is 16.4 Å². The molecule has 0 aromatic heterocycles. The first kappa shape index (κ1) is 15.3. The van der Waals surface area contributed by atoms with Crippen LogP contribution in [0, 0.1) is 11.3 Å². The Bertz CT molecular complexity index is 560. The van der Waals surface area contributed by atoms with Crippen molar-refractivity contribution < 1.29 is 4.79 Å². The largest absolute Gasteiger partial charge is 0.292 e. The summed E-state index contributed by atoms with van der Waals surface area (Å²) in [6.45, 7) is 5.77. The fraction of sp³-hybridized carbons (Fsp3) is 0.579. The lowest BCUT2D eigenvalue weighted by Crippen LogP contribution is -2.39. The quantitative estimate of drug-likeness (QED) is 0.782. The molecule has 1 saturated carbocycles. The van der Waals surface area contributed by atoms with Gasteiger partial charge in [0.05, 0.1) is 6.54 Å². The predicted molar refractivity (Wildman–Crippen MR) is 90.1 cm³/mol. The molecule has 3 rings (SSSR count). The van der Waals surface area contributed by atoms with Crippen LogP contribution in [-0.2, 0) is 0 Å². The van der Waals surface area contributed by atoms with Crippen LogP contribution in [0.15, 0.2) is 35.4 Å². The number of hydrazone groups is 1. The molecule has 0 spiro atoms. The number of Topliss-reactive ketones (excluding diaryl/α,β-unsaturated/α-hetero) is 1. The standard InChI is InChI=1S/C19H26N2O/c1-15-19(2,17-11-7-4-8-12-17)14-21(20-15)13-18(22)16-9-5-3-6-10-16/h3,5-6,9-10,17H,4,7-8,11-14H2,1-2H3. The van der Waals surface area contributed by atoms with Crippen LogP contribution in [0.5, 0.6) is 0 Å². The van der Waals surface area contributed by atoms with Crippen molar-refractivity contribution in [3.63, 3.8) is 0 Å². The summed E-state index contributed by atoms with van der Waals surface area (Å²) >= 11 is 0. The highest BCUT2D eigenvalue weighted by Crippen LogP contribution is 2.42. The minimum Gasteiger partial charge on any atom is -0.292 e. The van der Waals surface area contributed by atoms with E-state index in [1.165, 1.54) is 37.8 Å². The molecule has 22 heavy (non-hydrogen) atoms. The minimum absolute atomic E-state index is 0.150. The van der Waals surface area contributed by atoms with Gasteiger partial charge in [0.15, 0.2) is 5.78 Å². The maximum Gasteiger partial charge on any atom is 0.183 e. The summed E-state index contributed by atoms with van der Waals surface area (Å²) in [5, 5.41) is 6.70. The van der Waals surface area contributed by atoms with Gasteiger partial charge in [0.25, 0.3) is 0 Å². The Hall–Kier alpha value is -1.64. The molecule has 1 atom stereocenters. The lowest BCUT2D eigenvalue weighted by atomic mass is 9.68. The molecule has 0 N–H and O–H groups in total. The number of ketones is 1. The Kier molecular flexibility index (Phi) is 4.32. The summed E-state index contributed by atoms with van der Waals surface area (Å²) in [6.07, 6.45) is 6.68. The van der Waals surface area contributed by atoms with E-state index in [0.29, 0.717) is 6.54 Å². The van der Waals surface area contributed by atoms with E-state index in [9.17, 15) is 4.79 Å². The summed E-state index contributed by atoms with van der Waals surface area (Å²) in [5.74, 6) is 0.881.